The molecule has 0 radical (unpaired) electrons. The average molecular weight is 308 g/mol. The highest BCUT2D eigenvalue weighted by Gasteiger charge is 2.34. The van der Waals surface area contributed by atoms with Gasteiger partial charge in [-0.1, -0.05) is 12.1 Å². The Morgan fingerprint density at radius 3 is 2.50 bits per heavy atom. The molecule has 0 spiro atoms. The van der Waals surface area contributed by atoms with Gasteiger partial charge in [0.2, 0.25) is 0 Å². The summed E-state index contributed by atoms with van der Waals surface area (Å²) in [6.07, 6.45) is 0. The SMILES string of the molecule is COC(=O)[C@](C)(O)CN1CCN(Cc2cccc(O)c2)CC1. The number of phenols is 1. The molecular weight excluding hydrogens is 284 g/mol. The third-order valence-corrected chi connectivity index (χ3v) is 3.94. The number of nitrogens with zero attached hydrogens (tertiary/aromatic N) is 2. The number of methoxy groups -OCH3 is 1. The molecule has 1 heterocycles. The van der Waals surface area contributed by atoms with Gasteiger partial charge in [-0.05, 0) is 24.6 Å². The fraction of sp³-hybridized carbons (Fsp3) is 0.562. The predicted octanol–water partition coefficient (Wildman–Crippen LogP) is 0.434. The summed E-state index contributed by atoms with van der Waals surface area (Å²) in [6, 6.07) is 7.27. The van der Waals surface area contributed by atoms with Crippen LogP contribution in [0.3, 0.4) is 0 Å². The van der Waals surface area contributed by atoms with Gasteiger partial charge in [-0.2, -0.15) is 0 Å². The zero-order valence-corrected chi connectivity index (χ0v) is 13.2. The molecule has 2 rings (SSSR count). The molecular formula is C16H24N2O4. The second-order valence-corrected chi connectivity index (χ2v) is 5.99. The number of rotatable bonds is 5. The summed E-state index contributed by atoms with van der Waals surface area (Å²) in [7, 11) is 1.28. The van der Waals surface area contributed by atoms with Crippen molar-refractivity contribution in [1.82, 2.24) is 9.80 Å². The van der Waals surface area contributed by atoms with Crippen LogP contribution < -0.4 is 0 Å². The van der Waals surface area contributed by atoms with Crippen LogP contribution in [0.5, 0.6) is 5.75 Å². The number of hydrogen-bond acceptors (Lipinski definition) is 6. The number of benzene rings is 1. The highest BCUT2D eigenvalue weighted by Crippen LogP contribution is 2.15. The lowest BCUT2D eigenvalue weighted by atomic mass is 10.1. The van der Waals surface area contributed by atoms with E-state index in [1.54, 1.807) is 12.1 Å². The van der Waals surface area contributed by atoms with E-state index in [0.717, 1.165) is 38.3 Å². The van der Waals surface area contributed by atoms with Crippen molar-refractivity contribution in [1.29, 1.82) is 0 Å². The van der Waals surface area contributed by atoms with Crippen molar-refractivity contribution in [3.63, 3.8) is 0 Å². The van der Waals surface area contributed by atoms with E-state index >= 15 is 0 Å². The zero-order valence-electron chi connectivity index (χ0n) is 13.2. The van der Waals surface area contributed by atoms with E-state index in [1.807, 2.05) is 12.1 Å². The number of ether oxygens (including phenoxy) is 1. The number of carbonyl (C=O) groups excluding carboxylic acids is 1. The zero-order chi connectivity index (χ0) is 16.2. The molecule has 1 fully saturated rings. The van der Waals surface area contributed by atoms with Gasteiger partial charge < -0.3 is 14.9 Å². The maximum atomic E-state index is 11.5. The molecule has 1 aliphatic heterocycles. The topological polar surface area (TPSA) is 73.2 Å². The highest BCUT2D eigenvalue weighted by molar-refractivity contribution is 5.78. The van der Waals surface area contributed by atoms with E-state index in [-0.39, 0.29) is 12.3 Å². The first-order valence-corrected chi connectivity index (χ1v) is 7.44. The first-order chi connectivity index (χ1) is 10.4. The molecule has 0 amide bonds. The van der Waals surface area contributed by atoms with E-state index in [1.165, 1.54) is 14.0 Å². The summed E-state index contributed by atoms with van der Waals surface area (Å²) in [4.78, 5) is 15.9. The molecule has 0 aromatic heterocycles. The van der Waals surface area contributed by atoms with Crippen LogP contribution in [-0.2, 0) is 16.1 Å². The lowest BCUT2D eigenvalue weighted by Gasteiger charge is -2.37. The molecule has 1 saturated heterocycles. The van der Waals surface area contributed by atoms with Crippen molar-refractivity contribution >= 4 is 5.97 Å². The largest absolute Gasteiger partial charge is 0.508 e. The van der Waals surface area contributed by atoms with E-state index < -0.39 is 11.6 Å². The summed E-state index contributed by atoms with van der Waals surface area (Å²) >= 11 is 0. The monoisotopic (exact) mass is 308 g/mol. The smallest absolute Gasteiger partial charge is 0.338 e. The molecule has 2 N–H and O–H groups in total. The van der Waals surface area contributed by atoms with Gasteiger partial charge in [0.1, 0.15) is 5.75 Å². The lowest BCUT2D eigenvalue weighted by Crippen LogP contribution is -2.53. The number of phenolic OH excluding ortho intramolecular Hbond substituents is 1. The molecule has 1 aromatic carbocycles. The third-order valence-electron chi connectivity index (χ3n) is 3.94. The Kier molecular flexibility index (Phi) is 5.39. The van der Waals surface area contributed by atoms with E-state index in [9.17, 15) is 15.0 Å². The Hall–Kier alpha value is -1.63. The number of carbonyl (C=O) groups is 1. The van der Waals surface area contributed by atoms with Crippen molar-refractivity contribution in [2.24, 2.45) is 0 Å². The van der Waals surface area contributed by atoms with Crippen LogP contribution in [0.4, 0.5) is 0 Å². The Bertz CT molecular complexity index is 511. The summed E-state index contributed by atoms with van der Waals surface area (Å²) in [5, 5.41) is 19.6. The molecule has 1 atom stereocenters. The van der Waals surface area contributed by atoms with Gasteiger partial charge in [0.25, 0.3) is 0 Å². The predicted molar refractivity (Wildman–Crippen MR) is 82.5 cm³/mol. The summed E-state index contributed by atoms with van der Waals surface area (Å²) in [5.74, 6) is -0.319. The van der Waals surface area contributed by atoms with Crippen LogP contribution in [0.25, 0.3) is 0 Å². The molecule has 22 heavy (non-hydrogen) atoms. The Morgan fingerprint density at radius 2 is 1.91 bits per heavy atom. The standard InChI is InChI=1S/C16H24N2O4/c1-16(21,15(20)22-2)12-18-8-6-17(7-9-18)11-13-4-3-5-14(19)10-13/h3-5,10,19,21H,6-9,11-12H2,1-2H3/t16-/m1/s1. The Morgan fingerprint density at radius 1 is 1.27 bits per heavy atom. The highest BCUT2D eigenvalue weighted by atomic mass is 16.5. The fourth-order valence-electron chi connectivity index (χ4n) is 2.74. The Labute approximate surface area is 130 Å². The second kappa shape index (κ2) is 7.09. The minimum atomic E-state index is -1.47. The minimum Gasteiger partial charge on any atom is -0.508 e. The van der Waals surface area contributed by atoms with Gasteiger partial charge in [0.15, 0.2) is 5.60 Å². The summed E-state index contributed by atoms with van der Waals surface area (Å²) < 4.78 is 4.62. The van der Waals surface area contributed by atoms with Gasteiger partial charge in [-0.3, -0.25) is 9.80 Å². The molecule has 6 heteroatoms. The van der Waals surface area contributed by atoms with Crippen LogP contribution in [-0.4, -0.2) is 71.4 Å². The van der Waals surface area contributed by atoms with Crippen LogP contribution in [0.1, 0.15) is 12.5 Å². The number of hydrogen-bond donors (Lipinski definition) is 2. The number of aliphatic hydroxyl groups is 1. The van der Waals surface area contributed by atoms with Gasteiger partial charge in [-0.25, -0.2) is 4.79 Å². The molecule has 0 saturated carbocycles. The van der Waals surface area contributed by atoms with E-state index in [0.29, 0.717) is 0 Å². The first kappa shape index (κ1) is 16.7. The number of esters is 1. The van der Waals surface area contributed by atoms with E-state index in [2.05, 4.69) is 14.5 Å². The summed E-state index contributed by atoms with van der Waals surface area (Å²) in [5.41, 5.74) is -0.391. The van der Waals surface area contributed by atoms with E-state index in [4.69, 9.17) is 0 Å². The number of β-amino-alcohol motifs (C(OH)–C–C–N with tert-alkyl or cyclic N) is 1. The molecule has 1 aromatic rings. The van der Waals surface area contributed by atoms with Crippen molar-refractivity contribution in [2.45, 2.75) is 19.1 Å². The molecule has 6 nitrogen and oxygen atoms in total. The fourth-order valence-corrected chi connectivity index (χ4v) is 2.74. The van der Waals surface area contributed by atoms with Crippen LogP contribution >= 0.6 is 0 Å². The molecule has 0 aliphatic carbocycles. The van der Waals surface area contributed by atoms with Gasteiger partial charge in [0, 0.05) is 39.3 Å². The second-order valence-electron chi connectivity index (χ2n) is 5.99. The minimum absolute atomic E-state index is 0.277. The van der Waals surface area contributed by atoms with Crippen molar-refractivity contribution < 1.29 is 19.7 Å². The Balaban J connectivity index is 1.82. The van der Waals surface area contributed by atoms with Crippen LogP contribution in [0, 0.1) is 0 Å². The molecule has 1 aliphatic rings. The van der Waals surface area contributed by atoms with Crippen molar-refractivity contribution in [3.8, 4) is 5.75 Å². The van der Waals surface area contributed by atoms with Crippen molar-refractivity contribution in [3.05, 3.63) is 29.8 Å². The third kappa shape index (κ3) is 4.43. The molecule has 0 bridgehead atoms. The van der Waals surface area contributed by atoms with Gasteiger partial charge in [0.05, 0.1) is 7.11 Å². The summed E-state index contributed by atoms with van der Waals surface area (Å²) in [6.45, 7) is 5.82. The quantitative estimate of drug-likeness (QED) is 0.769. The van der Waals surface area contributed by atoms with Crippen LogP contribution in [0.15, 0.2) is 24.3 Å². The number of piperazine rings is 1. The molecule has 0 unspecified atom stereocenters. The van der Waals surface area contributed by atoms with Crippen LogP contribution in [0.2, 0.25) is 0 Å². The van der Waals surface area contributed by atoms with Gasteiger partial charge in [-0.15, -0.1) is 0 Å². The normalized spacial score (nSPS) is 19.6. The maximum absolute atomic E-state index is 11.5. The number of aromatic hydroxyl groups is 1. The van der Waals surface area contributed by atoms with Crippen molar-refractivity contribution in [2.75, 3.05) is 39.8 Å². The maximum Gasteiger partial charge on any atom is 0.338 e. The first-order valence-electron chi connectivity index (χ1n) is 7.44. The molecule has 122 valence electrons. The van der Waals surface area contributed by atoms with Gasteiger partial charge >= 0.3 is 5.97 Å². The average Bonchev–Trinajstić information content (AvgIpc) is 2.48. The lowest BCUT2D eigenvalue weighted by molar-refractivity contribution is -0.162.